The molecule has 31 heavy (non-hydrogen) atoms. The van der Waals surface area contributed by atoms with Crippen molar-refractivity contribution in [3.63, 3.8) is 0 Å². The standard InChI is InChI=1S/C22H20FN7O/c1-14(31)8-18-2-3-19(12-26-18)28-22-25-6-4-20(29-22)16-9-15(10-24)21(27-11-16)30-7-5-17(23)13-30/h2-4,6,9,11-12,17H,5,7-8,13H2,1H3,(H,25,28,29)/t17-/m0/s1. The van der Waals surface area contributed by atoms with Crippen LogP contribution in [0.25, 0.3) is 11.3 Å². The Morgan fingerprint density at radius 2 is 2.16 bits per heavy atom. The van der Waals surface area contributed by atoms with Crippen molar-refractivity contribution in [3.8, 4) is 17.3 Å². The molecule has 4 rings (SSSR count). The molecule has 1 atom stereocenters. The van der Waals surface area contributed by atoms with Crippen LogP contribution in [0.1, 0.15) is 24.6 Å². The smallest absolute Gasteiger partial charge is 0.227 e. The number of nitriles is 1. The first-order valence-corrected chi connectivity index (χ1v) is 9.86. The van der Waals surface area contributed by atoms with Crippen LogP contribution in [-0.2, 0) is 11.2 Å². The van der Waals surface area contributed by atoms with E-state index in [0.717, 1.165) is 0 Å². The number of anilines is 3. The SMILES string of the molecule is CC(=O)Cc1ccc(Nc2nccc(-c3cnc(N4CC[C@H](F)C4)c(C#N)c3)n2)cn1. The molecule has 8 nitrogen and oxygen atoms in total. The summed E-state index contributed by atoms with van der Waals surface area (Å²) in [6.07, 6.45) is 4.70. The van der Waals surface area contributed by atoms with Gasteiger partial charge in [0.15, 0.2) is 0 Å². The van der Waals surface area contributed by atoms with Crippen molar-refractivity contribution >= 4 is 23.2 Å². The summed E-state index contributed by atoms with van der Waals surface area (Å²) in [5.41, 5.74) is 3.02. The number of rotatable bonds is 6. The number of Topliss-reactive ketones (excluding diaryl/α,β-unsaturated/α-hetero) is 1. The van der Waals surface area contributed by atoms with Crippen LogP contribution >= 0.6 is 0 Å². The van der Waals surface area contributed by atoms with Gasteiger partial charge in [0, 0.05) is 36.6 Å². The van der Waals surface area contributed by atoms with Crippen molar-refractivity contribution in [2.75, 3.05) is 23.3 Å². The minimum absolute atomic E-state index is 0.0508. The molecule has 0 aliphatic carbocycles. The summed E-state index contributed by atoms with van der Waals surface area (Å²) in [5.74, 6) is 0.909. The van der Waals surface area contributed by atoms with Crippen LogP contribution in [0.15, 0.2) is 42.9 Å². The molecule has 4 heterocycles. The monoisotopic (exact) mass is 417 g/mol. The lowest BCUT2D eigenvalue weighted by Gasteiger charge is -2.18. The maximum absolute atomic E-state index is 13.5. The Balaban J connectivity index is 1.54. The van der Waals surface area contributed by atoms with Crippen molar-refractivity contribution in [2.24, 2.45) is 0 Å². The number of ketones is 1. The molecule has 0 spiro atoms. The highest BCUT2D eigenvalue weighted by Gasteiger charge is 2.25. The van der Waals surface area contributed by atoms with Gasteiger partial charge >= 0.3 is 0 Å². The van der Waals surface area contributed by atoms with E-state index in [2.05, 4.69) is 31.3 Å². The van der Waals surface area contributed by atoms with Crippen LogP contribution in [0.4, 0.5) is 21.8 Å². The second-order valence-electron chi connectivity index (χ2n) is 7.35. The predicted molar refractivity (Wildman–Crippen MR) is 114 cm³/mol. The number of alkyl halides is 1. The molecule has 0 amide bonds. The molecule has 1 N–H and O–H groups in total. The molecule has 1 saturated heterocycles. The van der Waals surface area contributed by atoms with Crippen molar-refractivity contribution in [3.05, 3.63) is 54.1 Å². The Morgan fingerprint density at radius 1 is 1.29 bits per heavy atom. The maximum atomic E-state index is 13.5. The molecule has 0 bridgehead atoms. The Kier molecular flexibility index (Phi) is 5.80. The predicted octanol–water partition coefficient (Wildman–Crippen LogP) is 3.23. The van der Waals surface area contributed by atoms with Crippen molar-refractivity contribution < 1.29 is 9.18 Å². The summed E-state index contributed by atoms with van der Waals surface area (Å²) in [7, 11) is 0. The third-order valence-corrected chi connectivity index (χ3v) is 4.88. The van der Waals surface area contributed by atoms with E-state index in [-0.39, 0.29) is 12.3 Å². The van der Waals surface area contributed by atoms with Crippen LogP contribution in [0, 0.1) is 11.3 Å². The third kappa shape index (κ3) is 4.80. The zero-order valence-corrected chi connectivity index (χ0v) is 16.9. The molecule has 156 valence electrons. The van der Waals surface area contributed by atoms with Crippen LogP contribution in [0.3, 0.4) is 0 Å². The van der Waals surface area contributed by atoms with Gasteiger partial charge in [-0.1, -0.05) is 0 Å². The summed E-state index contributed by atoms with van der Waals surface area (Å²) < 4.78 is 13.5. The van der Waals surface area contributed by atoms with Gasteiger partial charge in [-0.15, -0.1) is 0 Å². The van der Waals surface area contributed by atoms with Gasteiger partial charge in [-0.2, -0.15) is 5.26 Å². The second-order valence-corrected chi connectivity index (χ2v) is 7.35. The van der Waals surface area contributed by atoms with Gasteiger partial charge in [0.2, 0.25) is 5.95 Å². The Labute approximate surface area is 178 Å². The quantitative estimate of drug-likeness (QED) is 0.651. The second kappa shape index (κ2) is 8.83. The van der Waals surface area contributed by atoms with Crippen molar-refractivity contribution in [2.45, 2.75) is 25.9 Å². The summed E-state index contributed by atoms with van der Waals surface area (Å²) in [6, 6.07) is 9.16. The molecule has 9 heteroatoms. The van der Waals surface area contributed by atoms with Crippen molar-refractivity contribution in [1.29, 1.82) is 5.26 Å². The minimum atomic E-state index is -0.894. The number of halogens is 1. The number of nitrogens with zero attached hydrogens (tertiary/aromatic N) is 6. The number of hydrogen-bond donors (Lipinski definition) is 1. The fourth-order valence-corrected chi connectivity index (χ4v) is 3.41. The molecule has 1 fully saturated rings. The van der Waals surface area contributed by atoms with Gasteiger partial charge in [0.1, 0.15) is 23.8 Å². The van der Waals surface area contributed by atoms with Crippen LogP contribution in [0.2, 0.25) is 0 Å². The van der Waals surface area contributed by atoms with E-state index in [1.807, 2.05) is 0 Å². The number of nitrogens with one attached hydrogen (secondary N) is 1. The fourth-order valence-electron chi connectivity index (χ4n) is 3.41. The van der Waals surface area contributed by atoms with Gasteiger partial charge in [-0.25, -0.2) is 19.3 Å². The molecule has 0 radical (unpaired) electrons. The number of aromatic nitrogens is 4. The molecule has 0 saturated carbocycles. The summed E-state index contributed by atoms with van der Waals surface area (Å²) >= 11 is 0. The summed E-state index contributed by atoms with van der Waals surface area (Å²) in [6.45, 7) is 2.32. The first kappa shape index (κ1) is 20.3. The van der Waals surface area contributed by atoms with E-state index in [9.17, 15) is 14.4 Å². The van der Waals surface area contributed by atoms with E-state index in [1.54, 1.807) is 47.8 Å². The fraction of sp³-hybridized carbons (Fsp3) is 0.273. The Bertz CT molecular complexity index is 1140. The zero-order chi connectivity index (χ0) is 21.8. The van der Waals surface area contributed by atoms with E-state index in [4.69, 9.17) is 0 Å². The van der Waals surface area contributed by atoms with Gasteiger partial charge in [0.25, 0.3) is 0 Å². The number of carbonyl (C=O) groups excluding carboxylic acids is 1. The van der Waals surface area contributed by atoms with E-state index in [0.29, 0.717) is 59.4 Å². The molecule has 0 aromatic carbocycles. The lowest BCUT2D eigenvalue weighted by atomic mass is 10.1. The lowest BCUT2D eigenvalue weighted by molar-refractivity contribution is -0.116. The van der Waals surface area contributed by atoms with Crippen LogP contribution in [0.5, 0.6) is 0 Å². The highest BCUT2D eigenvalue weighted by molar-refractivity contribution is 5.77. The van der Waals surface area contributed by atoms with Crippen LogP contribution in [-0.4, -0.2) is 45.0 Å². The van der Waals surface area contributed by atoms with Crippen molar-refractivity contribution in [1.82, 2.24) is 19.9 Å². The lowest BCUT2D eigenvalue weighted by Crippen LogP contribution is -2.22. The highest BCUT2D eigenvalue weighted by Crippen LogP contribution is 2.27. The van der Waals surface area contributed by atoms with Gasteiger partial charge in [-0.3, -0.25) is 9.78 Å². The Morgan fingerprint density at radius 3 is 2.84 bits per heavy atom. The molecule has 1 aliphatic rings. The summed E-state index contributed by atoms with van der Waals surface area (Å²) in [4.78, 5) is 30.4. The molecule has 3 aromatic rings. The van der Waals surface area contributed by atoms with E-state index >= 15 is 0 Å². The average molecular weight is 417 g/mol. The molecule has 0 unspecified atom stereocenters. The van der Waals surface area contributed by atoms with Gasteiger partial charge < -0.3 is 10.2 Å². The van der Waals surface area contributed by atoms with E-state index < -0.39 is 6.17 Å². The largest absolute Gasteiger partial charge is 0.352 e. The van der Waals surface area contributed by atoms with E-state index in [1.165, 1.54) is 6.92 Å². The molecule has 1 aliphatic heterocycles. The van der Waals surface area contributed by atoms with Crippen LogP contribution < -0.4 is 10.2 Å². The molecular formula is C22H20FN7O. The molecular weight excluding hydrogens is 397 g/mol. The summed E-state index contributed by atoms with van der Waals surface area (Å²) in [5, 5.41) is 12.6. The normalized spacial score (nSPS) is 15.5. The average Bonchev–Trinajstić information content (AvgIpc) is 3.20. The van der Waals surface area contributed by atoms with Gasteiger partial charge in [0.05, 0.1) is 29.7 Å². The number of carbonyl (C=O) groups is 1. The molecule has 3 aromatic heterocycles. The minimum Gasteiger partial charge on any atom is -0.352 e. The number of hydrogen-bond acceptors (Lipinski definition) is 8. The zero-order valence-electron chi connectivity index (χ0n) is 16.9. The number of pyridine rings is 2. The Hall–Kier alpha value is -3.93. The maximum Gasteiger partial charge on any atom is 0.227 e. The first-order valence-electron chi connectivity index (χ1n) is 9.86. The third-order valence-electron chi connectivity index (χ3n) is 4.88. The first-order chi connectivity index (χ1) is 15.0. The topological polar surface area (TPSA) is 108 Å². The van der Waals surface area contributed by atoms with Gasteiger partial charge in [-0.05, 0) is 37.6 Å². The highest BCUT2D eigenvalue weighted by atomic mass is 19.1.